The van der Waals surface area contributed by atoms with Gasteiger partial charge in [-0.25, -0.2) is 18.2 Å². The molecule has 1 heterocycles. The van der Waals surface area contributed by atoms with Gasteiger partial charge in [0.15, 0.2) is 0 Å². The lowest BCUT2D eigenvalue weighted by atomic mass is 10.2. The zero-order valence-electron chi connectivity index (χ0n) is 6.40. The molecular formula is C7H6BrF3N2. The number of nitrogen functional groups attached to an aromatic ring is 1. The van der Waals surface area contributed by atoms with Crippen molar-refractivity contribution in [2.75, 3.05) is 5.73 Å². The van der Waals surface area contributed by atoms with Gasteiger partial charge < -0.3 is 5.73 Å². The Morgan fingerprint density at radius 2 is 2.15 bits per heavy atom. The van der Waals surface area contributed by atoms with E-state index in [1.165, 1.54) is 0 Å². The van der Waals surface area contributed by atoms with Crippen molar-refractivity contribution >= 4 is 21.6 Å². The van der Waals surface area contributed by atoms with Gasteiger partial charge in [0.05, 0.1) is 11.4 Å². The quantitative estimate of drug-likeness (QED) is 0.825. The zero-order valence-corrected chi connectivity index (χ0v) is 7.98. The van der Waals surface area contributed by atoms with E-state index in [-0.39, 0.29) is 16.7 Å². The van der Waals surface area contributed by atoms with Crippen LogP contribution < -0.4 is 5.73 Å². The fraction of sp³-hybridized carbons (Fsp3) is 0.286. The molecule has 2 nitrogen and oxygen atoms in total. The van der Waals surface area contributed by atoms with Crippen LogP contribution in [0, 0.1) is 5.82 Å². The Morgan fingerprint density at radius 3 is 2.62 bits per heavy atom. The molecule has 0 unspecified atom stereocenters. The lowest BCUT2D eigenvalue weighted by Gasteiger charge is -2.06. The van der Waals surface area contributed by atoms with Gasteiger partial charge in [0.2, 0.25) is 0 Å². The van der Waals surface area contributed by atoms with Gasteiger partial charge in [-0.2, -0.15) is 0 Å². The van der Waals surface area contributed by atoms with Crippen molar-refractivity contribution in [1.29, 1.82) is 0 Å². The molecule has 1 aromatic rings. The molecule has 0 bridgehead atoms. The molecule has 72 valence electrons. The number of halogens is 4. The van der Waals surface area contributed by atoms with Crippen LogP contribution in [-0.2, 0) is 5.33 Å². The second kappa shape index (κ2) is 3.95. The smallest absolute Gasteiger partial charge is 0.282 e. The molecule has 0 amide bonds. The third kappa shape index (κ3) is 2.12. The van der Waals surface area contributed by atoms with Crippen molar-refractivity contribution in [3.05, 3.63) is 23.3 Å². The van der Waals surface area contributed by atoms with Crippen LogP contribution in [0.15, 0.2) is 6.07 Å². The zero-order chi connectivity index (χ0) is 10.0. The fourth-order valence-corrected chi connectivity index (χ4v) is 1.22. The van der Waals surface area contributed by atoms with Crippen molar-refractivity contribution in [2.45, 2.75) is 11.8 Å². The Kier molecular flexibility index (Phi) is 3.13. The number of nitrogens with two attached hydrogens (primary N) is 1. The SMILES string of the molecule is Nc1cc(F)c(CBr)nc1C(F)F. The molecule has 0 fully saturated rings. The molecule has 2 N–H and O–H groups in total. The van der Waals surface area contributed by atoms with Crippen LogP contribution in [0.25, 0.3) is 0 Å². The van der Waals surface area contributed by atoms with E-state index in [9.17, 15) is 13.2 Å². The molecule has 0 aliphatic heterocycles. The third-order valence-electron chi connectivity index (χ3n) is 1.44. The van der Waals surface area contributed by atoms with Gasteiger partial charge >= 0.3 is 0 Å². The molecule has 0 radical (unpaired) electrons. The molecule has 0 saturated heterocycles. The monoisotopic (exact) mass is 254 g/mol. The van der Waals surface area contributed by atoms with Crippen LogP contribution in [-0.4, -0.2) is 4.98 Å². The average Bonchev–Trinajstić information content (AvgIpc) is 2.03. The second-order valence-corrected chi connectivity index (χ2v) is 2.89. The van der Waals surface area contributed by atoms with E-state index in [4.69, 9.17) is 5.73 Å². The normalized spacial score (nSPS) is 10.8. The summed E-state index contributed by atoms with van der Waals surface area (Å²) in [5.74, 6) is -0.682. The predicted octanol–water partition coefficient (Wildman–Crippen LogP) is 2.64. The number of aromatic nitrogens is 1. The van der Waals surface area contributed by atoms with Crippen LogP contribution in [0.5, 0.6) is 0 Å². The highest BCUT2D eigenvalue weighted by molar-refractivity contribution is 9.08. The topological polar surface area (TPSA) is 38.9 Å². The van der Waals surface area contributed by atoms with E-state index < -0.39 is 17.9 Å². The van der Waals surface area contributed by atoms with Crippen LogP contribution in [0.1, 0.15) is 17.8 Å². The van der Waals surface area contributed by atoms with Gasteiger partial charge in [-0.15, -0.1) is 0 Å². The minimum atomic E-state index is -2.78. The van der Waals surface area contributed by atoms with Crippen molar-refractivity contribution < 1.29 is 13.2 Å². The Bertz CT molecular complexity index is 317. The minimum Gasteiger partial charge on any atom is -0.397 e. The Morgan fingerprint density at radius 1 is 1.54 bits per heavy atom. The highest BCUT2D eigenvalue weighted by Gasteiger charge is 2.16. The van der Waals surface area contributed by atoms with Crippen molar-refractivity contribution in [3.8, 4) is 0 Å². The first-order chi connectivity index (χ1) is 6.06. The number of anilines is 1. The second-order valence-electron chi connectivity index (χ2n) is 2.33. The summed E-state index contributed by atoms with van der Waals surface area (Å²) >= 11 is 2.93. The maximum absolute atomic E-state index is 12.9. The van der Waals surface area contributed by atoms with Gasteiger partial charge in [0.25, 0.3) is 6.43 Å². The van der Waals surface area contributed by atoms with Crippen molar-refractivity contribution in [1.82, 2.24) is 4.98 Å². The number of nitrogens with zero attached hydrogens (tertiary/aromatic N) is 1. The molecule has 1 aromatic heterocycles. The summed E-state index contributed by atoms with van der Waals surface area (Å²) in [7, 11) is 0. The van der Waals surface area contributed by atoms with E-state index in [0.29, 0.717) is 0 Å². The Labute approximate surface area is 81.1 Å². The standard InChI is InChI=1S/C7H6BrF3N2/c8-2-5-3(9)1-4(12)6(13-5)7(10)11/h1,7H,2,12H2. The van der Waals surface area contributed by atoms with Gasteiger partial charge in [-0.05, 0) is 0 Å². The van der Waals surface area contributed by atoms with Gasteiger partial charge in [0, 0.05) is 11.4 Å². The molecule has 13 heavy (non-hydrogen) atoms. The molecular weight excluding hydrogens is 249 g/mol. The average molecular weight is 255 g/mol. The lowest BCUT2D eigenvalue weighted by molar-refractivity contribution is 0.146. The van der Waals surface area contributed by atoms with Crippen LogP contribution in [0.4, 0.5) is 18.9 Å². The van der Waals surface area contributed by atoms with Crippen LogP contribution >= 0.6 is 15.9 Å². The summed E-state index contributed by atoms with van der Waals surface area (Å²) in [6, 6.07) is 0.852. The summed E-state index contributed by atoms with van der Waals surface area (Å²) in [6.45, 7) is 0. The van der Waals surface area contributed by atoms with E-state index in [0.717, 1.165) is 6.07 Å². The Balaban J connectivity index is 3.22. The third-order valence-corrected chi connectivity index (χ3v) is 1.97. The molecule has 0 atom stereocenters. The minimum absolute atomic E-state index is 0.0653. The van der Waals surface area contributed by atoms with Crippen LogP contribution in [0.2, 0.25) is 0 Å². The summed E-state index contributed by atoms with van der Waals surface area (Å²) in [4.78, 5) is 3.39. The molecule has 0 spiro atoms. The summed E-state index contributed by atoms with van der Waals surface area (Å²) in [5, 5.41) is 0.0822. The first-order valence-corrected chi connectivity index (χ1v) is 4.47. The van der Waals surface area contributed by atoms with Crippen molar-refractivity contribution in [3.63, 3.8) is 0 Å². The highest BCUT2D eigenvalue weighted by Crippen LogP contribution is 2.25. The van der Waals surface area contributed by atoms with Gasteiger partial charge in [0.1, 0.15) is 11.5 Å². The first kappa shape index (κ1) is 10.3. The number of hydrogen-bond donors (Lipinski definition) is 1. The largest absolute Gasteiger partial charge is 0.397 e. The maximum atomic E-state index is 12.9. The number of pyridine rings is 1. The molecule has 0 saturated carbocycles. The molecule has 0 aromatic carbocycles. The molecule has 6 heteroatoms. The number of hydrogen-bond acceptors (Lipinski definition) is 2. The van der Waals surface area contributed by atoms with Crippen molar-refractivity contribution in [2.24, 2.45) is 0 Å². The predicted molar refractivity (Wildman–Crippen MR) is 46.2 cm³/mol. The first-order valence-electron chi connectivity index (χ1n) is 3.35. The number of alkyl halides is 3. The van der Waals surface area contributed by atoms with E-state index in [2.05, 4.69) is 20.9 Å². The Hall–Kier alpha value is -0.780. The van der Waals surface area contributed by atoms with Gasteiger partial charge in [-0.3, -0.25) is 0 Å². The highest BCUT2D eigenvalue weighted by atomic mass is 79.9. The fourth-order valence-electron chi connectivity index (χ4n) is 0.826. The summed E-state index contributed by atoms with van der Waals surface area (Å²) in [5.41, 5.74) is 4.19. The van der Waals surface area contributed by atoms with Gasteiger partial charge in [-0.1, -0.05) is 15.9 Å². The molecule has 1 rings (SSSR count). The lowest BCUT2D eigenvalue weighted by Crippen LogP contribution is -2.03. The van der Waals surface area contributed by atoms with E-state index in [1.54, 1.807) is 0 Å². The van der Waals surface area contributed by atoms with E-state index in [1.807, 2.05) is 0 Å². The number of rotatable bonds is 2. The molecule has 0 aliphatic rings. The summed E-state index contributed by atoms with van der Waals surface area (Å²) in [6.07, 6.45) is -2.78. The molecule has 0 aliphatic carbocycles. The van der Waals surface area contributed by atoms with E-state index >= 15 is 0 Å². The summed E-state index contributed by atoms with van der Waals surface area (Å²) < 4.78 is 37.3. The maximum Gasteiger partial charge on any atom is 0.282 e. The van der Waals surface area contributed by atoms with Crippen LogP contribution in [0.3, 0.4) is 0 Å².